The minimum absolute atomic E-state index is 0.0205. The lowest BCUT2D eigenvalue weighted by molar-refractivity contribution is -0.376. The first-order valence-corrected chi connectivity index (χ1v) is 23.9. The first kappa shape index (κ1) is 51.1. The predicted octanol–water partition coefficient (Wildman–Crippen LogP) is 5.67. The number of carbonyl (C=O) groups excluding carboxylic acids is 2. The number of hydrogen-bond donors (Lipinski definition) is 2. The number of rotatable bonds is 15. The zero-order chi connectivity index (χ0) is 47.3. The van der Waals surface area contributed by atoms with Gasteiger partial charge in [-0.25, -0.2) is 4.79 Å². The molecule has 5 aliphatic carbocycles. The van der Waals surface area contributed by atoms with Crippen LogP contribution in [0.25, 0.3) is 0 Å². The Hall–Kier alpha value is -1.80. The van der Waals surface area contributed by atoms with Crippen molar-refractivity contribution in [2.45, 2.75) is 174 Å². The van der Waals surface area contributed by atoms with Gasteiger partial charge in [0.1, 0.15) is 57.0 Å². The Bertz CT molecular complexity index is 1700. The van der Waals surface area contributed by atoms with E-state index in [2.05, 4.69) is 54.5 Å². The number of hydrogen-bond acceptors (Lipinski definition) is 16. The standard InChI is InChI=1S/C49H80O16/c1-44(2)19-21-49(43(53)58-12)22-20-47(6)28(29(49)23-44)13-14-32-46(5)17-16-33(45(3,4)31(46)15-18-48(32,47)7)63-42-39(62-27-56-10)37(36(61-26-55-9)38(65-42)40(52)57-11)64-41-35(60-25-54-8)34(51)30(50)24-59-41/h13,29-39,41-42,50-51H,14-27H2,1-12H3/t29-,30-,31?,32+,33-,34-,35+,36-,37-,38-,39+,41-,42+,46-,47+,48+,49-/m0/s1. The summed E-state index contributed by atoms with van der Waals surface area (Å²) in [4.78, 5) is 27.4. The van der Waals surface area contributed by atoms with Gasteiger partial charge in [-0.1, -0.05) is 60.1 Å². The molecule has 6 fully saturated rings. The van der Waals surface area contributed by atoms with Gasteiger partial charge in [-0.3, -0.25) is 4.79 Å². The molecule has 2 heterocycles. The van der Waals surface area contributed by atoms with Crippen molar-refractivity contribution in [3.8, 4) is 0 Å². The van der Waals surface area contributed by atoms with Crippen LogP contribution in [0, 0.1) is 50.2 Å². The number of aliphatic hydroxyl groups excluding tert-OH is 2. The molecule has 0 bridgehead atoms. The van der Waals surface area contributed by atoms with E-state index in [0.29, 0.717) is 5.92 Å². The fourth-order valence-corrected chi connectivity index (χ4v) is 14.6. The number of esters is 2. The summed E-state index contributed by atoms with van der Waals surface area (Å²) >= 11 is 0. The van der Waals surface area contributed by atoms with E-state index in [4.69, 9.17) is 56.8 Å². The summed E-state index contributed by atoms with van der Waals surface area (Å²) in [6, 6.07) is 0. The lowest BCUT2D eigenvalue weighted by Gasteiger charge is -2.71. The number of fused-ring (bicyclic) bond motifs is 7. The van der Waals surface area contributed by atoms with Gasteiger partial charge in [-0.2, -0.15) is 0 Å². The van der Waals surface area contributed by atoms with Gasteiger partial charge in [-0.05, 0) is 109 Å². The SMILES string of the molecule is COCO[C@H]1[C@H](O[C@@H]2[C@@H](OCOC)[C@H](O[C@H]3CC[C@@]4(C)C(CC[C@]5(C)[C@@H]4CC=C4[C@@H]6CC(C)(C)CC[C@]6(C(=O)OC)CC[C@]45C)C3(C)C)O[C@H](C(=O)OC)[C@H]2OCOC)OC[C@H](O)[C@@H]1O. The molecule has 0 aromatic heterocycles. The molecular formula is C49H80O16. The summed E-state index contributed by atoms with van der Waals surface area (Å²) < 4.78 is 71.2. The molecule has 0 radical (unpaired) electrons. The van der Waals surface area contributed by atoms with Crippen LogP contribution < -0.4 is 0 Å². The average molecular weight is 925 g/mol. The highest BCUT2D eigenvalue weighted by atomic mass is 16.8. The Labute approximate surface area is 386 Å². The maximum Gasteiger partial charge on any atom is 0.337 e. The van der Waals surface area contributed by atoms with Crippen LogP contribution in [0.1, 0.15) is 113 Å². The lowest BCUT2D eigenvalue weighted by Crippen LogP contribution is -2.67. The molecule has 16 heteroatoms. The van der Waals surface area contributed by atoms with Crippen LogP contribution in [0.2, 0.25) is 0 Å². The number of ether oxygens (including phenoxy) is 12. The van der Waals surface area contributed by atoms with E-state index < -0.39 is 66.7 Å². The minimum Gasteiger partial charge on any atom is -0.469 e. The van der Waals surface area contributed by atoms with Gasteiger partial charge in [0.2, 0.25) is 0 Å². The van der Waals surface area contributed by atoms with E-state index in [1.807, 2.05) is 0 Å². The first-order valence-electron chi connectivity index (χ1n) is 23.9. The normalized spacial score (nSPS) is 45.5. The molecule has 0 amide bonds. The zero-order valence-electron chi connectivity index (χ0n) is 41.1. The van der Waals surface area contributed by atoms with Gasteiger partial charge in [-0.15, -0.1) is 0 Å². The van der Waals surface area contributed by atoms with Gasteiger partial charge >= 0.3 is 11.9 Å². The number of methoxy groups -OCH3 is 5. The molecule has 4 saturated carbocycles. The Kier molecular flexibility index (Phi) is 15.3. The second kappa shape index (κ2) is 19.5. The molecule has 1 unspecified atom stereocenters. The van der Waals surface area contributed by atoms with Crippen LogP contribution in [0.3, 0.4) is 0 Å². The monoisotopic (exact) mass is 925 g/mol. The van der Waals surface area contributed by atoms with Gasteiger partial charge < -0.3 is 67.1 Å². The summed E-state index contributed by atoms with van der Waals surface area (Å²) in [6.45, 7) is 16.0. The molecular weight excluding hydrogens is 845 g/mol. The molecule has 16 nitrogen and oxygen atoms in total. The fourth-order valence-electron chi connectivity index (χ4n) is 14.6. The van der Waals surface area contributed by atoms with Crippen LogP contribution >= 0.6 is 0 Å². The minimum atomic E-state index is -1.39. The number of allylic oxidation sites excluding steroid dienone is 2. The largest absolute Gasteiger partial charge is 0.469 e. The van der Waals surface area contributed by atoms with Crippen molar-refractivity contribution in [3.63, 3.8) is 0 Å². The van der Waals surface area contributed by atoms with Crippen molar-refractivity contribution < 1.29 is 76.6 Å². The number of aliphatic hydroxyl groups is 2. The smallest absolute Gasteiger partial charge is 0.337 e. The molecule has 0 aromatic carbocycles. The fraction of sp³-hybridized carbons (Fsp3) is 0.918. The molecule has 0 aromatic rings. The third-order valence-corrected chi connectivity index (χ3v) is 18.3. The number of carbonyl (C=O) groups is 2. The third kappa shape index (κ3) is 8.78. The third-order valence-electron chi connectivity index (χ3n) is 18.3. The predicted molar refractivity (Wildman–Crippen MR) is 233 cm³/mol. The van der Waals surface area contributed by atoms with E-state index in [1.165, 1.54) is 34.0 Å². The molecule has 2 N–H and O–H groups in total. The summed E-state index contributed by atoms with van der Waals surface area (Å²) in [6.07, 6.45) is 0.580. The van der Waals surface area contributed by atoms with E-state index in [-0.39, 0.29) is 78.0 Å². The molecule has 372 valence electrons. The van der Waals surface area contributed by atoms with Gasteiger partial charge in [0.25, 0.3) is 0 Å². The molecule has 7 aliphatic rings. The zero-order valence-corrected chi connectivity index (χ0v) is 41.1. The van der Waals surface area contributed by atoms with Crippen LogP contribution in [0.15, 0.2) is 11.6 Å². The second-order valence-corrected chi connectivity index (χ2v) is 22.3. The molecule has 7 rings (SSSR count). The quantitative estimate of drug-likeness (QED) is 0.0885. The van der Waals surface area contributed by atoms with Crippen molar-refractivity contribution >= 4 is 11.9 Å². The van der Waals surface area contributed by atoms with Crippen molar-refractivity contribution in [2.75, 3.05) is 62.5 Å². The van der Waals surface area contributed by atoms with Crippen molar-refractivity contribution in [2.24, 2.45) is 50.2 Å². The van der Waals surface area contributed by atoms with Crippen LogP contribution in [0.4, 0.5) is 0 Å². The highest BCUT2D eigenvalue weighted by Gasteiger charge is 2.70. The van der Waals surface area contributed by atoms with Crippen LogP contribution in [-0.4, -0.2) is 146 Å². The summed E-state index contributed by atoms with van der Waals surface area (Å²) in [5, 5.41) is 21.5. The van der Waals surface area contributed by atoms with Gasteiger partial charge in [0, 0.05) is 21.3 Å². The van der Waals surface area contributed by atoms with E-state index in [1.54, 1.807) is 7.11 Å². The Morgan fingerprint density at radius 3 is 2.00 bits per heavy atom. The first-order chi connectivity index (χ1) is 30.7. The Morgan fingerprint density at radius 2 is 1.35 bits per heavy atom. The highest BCUT2D eigenvalue weighted by Crippen LogP contribution is 2.76. The molecule has 65 heavy (non-hydrogen) atoms. The van der Waals surface area contributed by atoms with Crippen molar-refractivity contribution in [1.29, 1.82) is 0 Å². The highest BCUT2D eigenvalue weighted by molar-refractivity contribution is 5.78. The van der Waals surface area contributed by atoms with Crippen molar-refractivity contribution in [1.82, 2.24) is 0 Å². The summed E-state index contributed by atoms with van der Waals surface area (Å²) in [5.41, 5.74) is 0.779. The average Bonchev–Trinajstić information content (AvgIpc) is 3.27. The maximum absolute atomic E-state index is 13.8. The summed E-state index contributed by atoms with van der Waals surface area (Å²) in [7, 11) is 7.20. The topological polar surface area (TPSA) is 185 Å². The lowest BCUT2D eigenvalue weighted by atomic mass is 9.33. The molecule has 2 saturated heterocycles. The van der Waals surface area contributed by atoms with Crippen LogP contribution in [0.5, 0.6) is 0 Å². The Balaban J connectivity index is 1.19. The molecule has 17 atom stereocenters. The van der Waals surface area contributed by atoms with Gasteiger partial charge in [0.05, 0.1) is 32.3 Å². The van der Waals surface area contributed by atoms with E-state index >= 15 is 0 Å². The Morgan fingerprint density at radius 1 is 0.708 bits per heavy atom. The van der Waals surface area contributed by atoms with E-state index in [9.17, 15) is 19.8 Å². The van der Waals surface area contributed by atoms with E-state index in [0.717, 1.165) is 64.2 Å². The molecule has 2 aliphatic heterocycles. The second-order valence-electron chi connectivity index (χ2n) is 22.3. The maximum atomic E-state index is 13.8. The van der Waals surface area contributed by atoms with Gasteiger partial charge in [0.15, 0.2) is 18.7 Å². The van der Waals surface area contributed by atoms with Crippen molar-refractivity contribution in [3.05, 3.63) is 11.6 Å². The summed E-state index contributed by atoms with van der Waals surface area (Å²) in [5.74, 6) is 0.107. The molecule has 0 spiro atoms. The van der Waals surface area contributed by atoms with Crippen LogP contribution in [-0.2, 0) is 66.4 Å².